The second-order valence-electron chi connectivity index (χ2n) is 4.87. The van der Waals surface area contributed by atoms with Gasteiger partial charge in [-0.1, -0.05) is 15.9 Å². The van der Waals surface area contributed by atoms with Gasteiger partial charge in [0, 0.05) is 15.8 Å². The third-order valence-corrected chi connectivity index (χ3v) is 4.84. The standard InChI is InChI=1S/C16H17BrN2O4S/c1-2-24(21,22)19-14-7-5-13(6-8-14)18-16(20)11-23-15-9-3-12(17)4-10-15/h3-10,19H,2,11H2,1H3,(H,18,20). The first kappa shape index (κ1) is 18.3. The summed E-state index contributed by atoms with van der Waals surface area (Å²) < 4.78 is 31.7. The van der Waals surface area contributed by atoms with Gasteiger partial charge in [0.2, 0.25) is 10.0 Å². The van der Waals surface area contributed by atoms with Crippen molar-refractivity contribution in [3.8, 4) is 5.75 Å². The summed E-state index contributed by atoms with van der Waals surface area (Å²) >= 11 is 3.32. The van der Waals surface area contributed by atoms with Crippen LogP contribution in [0.5, 0.6) is 5.75 Å². The number of carbonyl (C=O) groups is 1. The normalized spacial score (nSPS) is 10.9. The van der Waals surface area contributed by atoms with E-state index >= 15 is 0 Å². The van der Waals surface area contributed by atoms with Gasteiger partial charge in [-0.05, 0) is 55.5 Å². The molecule has 128 valence electrons. The molecule has 0 aliphatic heterocycles. The summed E-state index contributed by atoms with van der Waals surface area (Å²) in [6.45, 7) is 1.44. The van der Waals surface area contributed by atoms with Crippen molar-refractivity contribution < 1.29 is 17.9 Å². The van der Waals surface area contributed by atoms with Crippen LogP contribution in [0.2, 0.25) is 0 Å². The molecule has 2 aromatic rings. The molecular formula is C16H17BrN2O4S. The molecule has 0 atom stereocenters. The largest absolute Gasteiger partial charge is 0.484 e. The maximum atomic E-state index is 11.9. The molecule has 1 amide bonds. The summed E-state index contributed by atoms with van der Waals surface area (Å²) in [6.07, 6.45) is 0. The number of sulfonamides is 1. The molecule has 0 saturated carbocycles. The highest BCUT2D eigenvalue weighted by molar-refractivity contribution is 9.10. The van der Waals surface area contributed by atoms with E-state index in [0.29, 0.717) is 17.1 Å². The zero-order valence-corrected chi connectivity index (χ0v) is 15.4. The molecule has 2 aromatic carbocycles. The van der Waals surface area contributed by atoms with E-state index in [1.54, 1.807) is 43.3 Å². The Morgan fingerprint density at radius 1 is 1.04 bits per heavy atom. The minimum atomic E-state index is -3.31. The van der Waals surface area contributed by atoms with Crippen LogP contribution in [0, 0.1) is 0 Å². The van der Waals surface area contributed by atoms with Gasteiger partial charge in [-0.15, -0.1) is 0 Å². The highest BCUT2D eigenvalue weighted by Gasteiger charge is 2.07. The predicted molar refractivity (Wildman–Crippen MR) is 97.8 cm³/mol. The SMILES string of the molecule is CCS(=O)(=O)Nc1ccc(NC(=O)COc2ccc(Br)cc2)cc1. The molecule has 0 heterocycles. The van der Waals surface area contributed by atoms with Gasteiger partial charge in [-0.2, -0.15) is 0 Å². The summed E-state index contributed by atoms with van der Waals surface area (Å²) in [4.78, 5) is 11.9. The van der Waals surface area contributed by atoms with E-state index in [0.717, 1.165) is 4.47 Å². The molecule has 2 rings (SSSR count). The van der Waals surface area contributed by atoms with E-state index in [1.807, 2.05) is 12.1 Å². The second-order valence-corrected chi connectivity index (χ2v) is 7.80. The molecule has 0 saturated heterocycles. The first-order valence-electron chi connectivity index (χ1n) is 7.17. The van der Waals surface area contributed by atoms with Crippen LogP contribution in [0.1, 0.15) is 6.92 Å². The summed E-state index contributed by atoms with van der Waals surface area (Å²) in [6, 6.07) is 13.6. The third-order valence-electron chi connectivity index (χ3n) is 3.01. The number of benzene rings is 2. The lowest BCUT2D eigenvalue weighted by Gasteiger charge is -2.09. The fourth-order valence-corrected chi connectivity index (χ4v) is 2.65. The summed E-state index contributed by atoms with van der Waals surface area (Å²) in [7, 11) is -3.31. The lowest BCUT2D eigenvalue weighted by atomic mass is 10.3. The molecule has 0 aliphatic carbocycles. The van der Waals surface area contributed by atoms with Crippen LogP contribution in [0.15, 0.2) is 53.0 Å². The first-order valence-corrected chi connectivity index (χ1v) is 9.61. The maximum absolute atomic E-state index is 11.9. The molecule has 0 spiro atoms. The fraction of sp³-hybridized carbons (Fsp3) is 0.188. The van der Waals surface area contributed by atoms with E-state index in [-0.39, 0.29) is 18.3 Å². The number of halogens is 1. The highest BCUT2D eigenvalue weighted by Crippen LogP contribution is 2.17. The van der Waals surface area contributed by atoms with Crippen LogP contribution in [-0.4, -0.2) is 26.7 Å². The van der Waals surface area contributed by atoms with E-state index in [4.69, 9.17) is 4.74 Å². The first-order chi connectivity index (χ1) is 11.4. The lowest BCUT2D eigenvalue weighted by Crippen LogP contribution is -2.20. The van der Waals surface area contributed by atoms with Crippen molar-refractivity contribution in [1.29, 1.82) is 0 Å². The van der Waals surface area contributed by atoms with Gasteiger partial charge in [0.25, 0.3) is 5.91 Å². The third kappa shape index (κ3) is 5.86. The molecule has 0 aromatic heterocycles. The highest BCUT2D eigenvalue weighted by atomic mass is 79.9. The van der Waals surface area contributed by atoms with Crippen LogP contribution in [0.25, 0.3) is 0 Å². The van der Waals surface area contributed by atoms with Crippen molar-refractivity contribution in [2.24, 2.45) is 0 Å². The van der Waals surface area contributed by atoms with E-state index in [2.05, 4.69) is 26.0 Å². The molecule has 24 heavy (non-hydrogen) atoms. The second kappa shape index (κ2) is 8.16. The summed E-state index contributed by atoms with van der Waals surface area (Å²) in [5.74, 6) is 0.288. The number of ether oxygens (including phenoxy) is 1. The van der Waals surface area contributed by atoms with E-state index in [1.165, 1.54) is 0 Å². The smallest absolute Gasteiger partial charge is 0.262 e. The Balaban J connectivity index is 1.86. The van der Waals surface area contributed by atoms with Gasteiger partial charge >= 0.3 is 0 Å². The minimum Gasteiger partial charge on any atom is -0.484 e. The number of hydrogen-bond acceptors (Lipinski definition) is 4. The Bertz CT molecular complexity index is 790. The maximum Gasteiger partial charge on any atom is 0.262 e. The van der Waals surface area contributed by atoms with Crippen molar-refractivity contribution in [2.45, 2.75) is 6.92 Å². The predicted octanol–water partition coefficient (Wildman–Crippen LogP) is 3.23. The molecule has 8 heteroatoms. The molecule has 0 aliphatic rings. The van der Waals surface area contributed by atoms with E-state index < -0.39 is 10.0 Å². The van der Waals surface area contributed by atoms with Crippen molar-refractivity contribution in [2.75, 3.05) is 22.4 Å². The van der Waals surface area contributed by atoms with Gasteiger partial charge in [0.05, 0.1) is 5.75 Å². The van der Waals surface area contributed by atoms with Crippen molar-refractivity contribution in [3.63, 3.8) is 0 Å². The number of hydrogen-bond donors (Lipinski definition) is 2. The quantitative estimate of drug-likeness (QED) is 0.730. The van der Waals surface area contributed by atoms with Gasteiger partial charge in [0.1, 0.15) is 5.75 Å². The van der Waals surface area contributed by atoms with Gasteiger partial charge in [-0.3, -0.25) is 9.52 Å². The van der Waals surface area contributed by atoms with Crippen molar-refractivity contribution >= 4 is 43.2 Å². The Kier molecular flexibility index (Phi) is 6.22. The molecule has 0 bridgehead atoms. The average Bonchev–Trinajstić information content (AvgIpc) is 2.56. The Morgan fingerprint density at radius 3 is 2.21 bits per heavy atom. The van der Waals surface area contributed by atoms with Crippen LogP contribution in [0.3, 0.4) is 0 Å². The molecule has 0 unspecified atom stereocenters. The van der Waals surface area contributed by atoms with Crippen LogP contribution in [0.4, 0.5) is 11.4 Å². The van der Waals surface area contributed by atoms with Crippen LogP contribution < -0.4 is 14.8 Å². The zero-order valence-electron chi connectivity index (χ0n) is 13.0. The fourth-order valence-electron chi connectivity index (χ4n) is 1.75. The summed E-state index contributed by atoms with van der Waals surface area (Å²) in [5, 5.41) is 2.68. The van der Waals surface area contributed by atoms with E-state index in [9.17, 15) is 13.2 Å². The van der Waals surface area contributed by atoms with Gasteiger partial charge < -0.3 is 10.1 Å². The van der Waals surface area contributed by atoms with Crippen LogP contribution >= 0.6 is 15.9 Å². The molecular weight excluding hydrogens is 396 g/mol. The minimum absolute atomic E-state index is 0.00111. The monoisotopic (exact) mass is 412 g/mol. The van der Waals surface area contributed by atoms with Gasteiger partial charge in [0.15, 0.2) is 6.61 Å². The molecule has 0 fully saturated rings. The zero-order chi connectivity index (χ0) is 17.6. The average molecular weight is 413 g/mol. The van der Waals surface area contributed by atoms with Crippen molar-refractivity contribution in [1.82, 2.24) is 0 Å². The number of amides is 1. The summed E-state index contributed by atoms with van der Waals surface area (Å²) in [5.41, 5.74) is 1.000. The Hall–Kier alpha value is -2.06. The number of nitrogens with one attached hydrogen (secondary N) is 2. The molecule has 2 N–H and O–H groups in total. The Labute approximate surface area is 149 Å². The Morgan fingerprint density at radius 2 is 1.62 bits per heavy atom. The number of anilines is 2. The number of carbonyl (C=O) groups excluding carboxylic acids is 1. The van der Waals surface area contributed by atoms with Gasteiger partial charge in [-0.25, -0.2) is 8.42 Å². The molecule has 0 radical (unpaired) electrons. The van der Waals surface area contributed by atoms with Crippen LogP contribution in [-0.2, 0) is 14.8 Å². The number of rotatable bonds is 7. The lowest BCUT2D eigenvalue weighted by molar-refractivity contribution is -0.118. The topological polar surface area (TPSA) is 84.5 Å². The molecule has 6 nitrogen and oxygen atoms in total. The van der Waals surface area contributed by atoms with Crippen molar-refractivity contribution in [3.05, 3.63) is 53.0 Å².